The molecule has 0 amide bonds. The van der Waals surface area contributed by atoms with Gasteiger partial charge in [-0.05, 0) is 51.4 Å². The van der Waals surface area contributed by atoms with Crippen LogP contribution in [0.4, 0.5) is 0 Å². The van der Waals surface area contributed by atoms with Gasteiger partial charge < -0.3 is 9.84 Å². The zero-order valence-corrected chi connectivity index (χ0v) is 13.5. The van der Waals surface area contributed by atoms with Crippen molar-refractivity contribution in [1.82, 2.24) is 0 Å². The van der Waals surface area contributed by atoms with Gasteiger partial charge >= 0.3 is 0 Å². The van der Waals surface area contributed by atoms with Crippen LogP contribution in [0.5, 0.6) is 0 Å². The van der Waals surface area contributed by atoms with Gasteiger partial charge in [-0.2, -0.15) is 0 Å². The fraction of sp³-hybridized carbons (Fsp3) is 1.00. The third-order valence-corrected chi connectivity index (χ3v) is 5.18. The first-order valence-electron chi connectivity index (χ1n) is 8.97. The Bertz CT molecular complexity index is 248. The summed E-state index contributed by atoms with van der Waals surface area (Å²) in [5, 5.41) is 9.48. The van der Waals surface area contributed by atoms with E-state index in [1.54, 1.807) is 0 Å². The van der Waals surface area contributed by atoms with Crippen molar-refractivity contribution < 1.29 is 9.84 Å². The molecule has 0 saturated heterocycles. The fourth-order valence-electron chi connectivity index (χ4n) is 4.35. The van der Waals surface area contributed by atoms with Crippen LogP contribution in [0.25, 0.3) is 0 Å². The highest BCUT2D eigenvalue weighted by molar-refractivity contribution is 4.81. The third kappa shape index (κ3) is 5.73. The molecular weight excluding hydrogens is 248 g/mol. The van der Waals surface area contributed by atoms with Crippen LogP contribution in [-0.2, 0) is 4.74 Å². The van der Waals surface area contributed by atoms with Gasteiger partial charge in [0.2, 0.25) is 0 Å². The zero-order valence-electron chi connectivity index (χ0n) is 13.5. The Hall–Kier alpha value is -0.0800. The first-order chi connectivity index (χ1) is 9.63. The summed E-state index contributed by atoms with van der Waals surface area (Å²) in [7, 11) is 0. The quantitative estimate of drug-likeness (QED) is 0.810. The van der Waals surface area contributed by atoms with Crippen molar-refractivity contribution in [1.29, 1.82) is 0 Å². The lowest BCUT2D eigenvalue weighted by molar-refractivity contribution is -0.0612. The summed E-state index contributed by atoms with van der Waals surface area (Å²) in [6.45, 7) is 3.98. The SMILES string of the molecule is C[C@H](C[C@@H](C)O)OC1C[C@H]2CCCCCCC[C@@H](C1)C2. The number of ether oxygens (including phenoxy) is 1. The summed E-state index contributed by atoms with van der Waals surface area (Å²) >= 11 is 0. The van der Waals surface area contributed by atoms with E-state index >= 15 is 0 Å². The van der Waals surface area contributed by atoms with Gasteiger partial charge in [-0.3, -0.25) is 0 Å². The van der Waals surface area contributed by atoms with Crippen LogP contribution < -0.4 is 0 Å². The average molecular weight is 282 g/mol. The molecule has 1 N–H and O–H groups in total. The molecule has 5 atom stereocenters. The molecular formula is C18H34O2. The molecule has 2 rings (SSSR count). The average Bonchev–Trinajstić information content (AvgIpc) is 2.36. The van der Waals surface area contributed by atoms with Crippen molar-refractivity contribution in [2.45, 2.75) is 103 Å². The molecule has 118 valence electrons. The molecule has 0 aromatic heterocycles. The second kappa shape index (κ2) is 8.38. The molecule has 0 aromatic rings. The zero-order chi connectivity index (χ0) is 14.4. The summed E-state index contributed by atoms with van der Waals surface area (Å²) in [5.41, 5.74) is 0. The fourth-order valence-corrected chi connectivity index (χ4v) is 4.35. The Morgan fingerprint density at radius 2 is 1.45 bits per heavy atom. The van der Waals surface area contributed by atoms with E-state index in [1.807, 2.05) is 6.92 Å². The van der Waals surface area contributed by atoms with Crippen LogP contribution in [0.3, 0.4) is 0 Å². The number of hydrogen-bond donors (Lipinski definition) is 1. The molecule has 20 heavy (non-hydrogen) atoms. The molecule has 0 aromatic carbocycles. The molecule has 2 bridgehead atoms. The Balaban J connectivity index is 1.84. The number of rotatable bonds is 4. The molecule has 1 unspecified atom stereocenters. The Kier molecular flexibility index (Phi) is 6.83. The van der Waals surface area contributed by atoms with Crippen LogP contribution in [0.1, 0.15) is 84.5 Å². The van der Waals surface area contributed by atoms with Crippen molar-refractivity contribution in [2.75, 3.05) is 0 Å². The molecule has 2 fully saturated rings. The van der Waals surface area contributed by atoms with Gasteiger partial charge in [-0.1, -0.05) is 44.9 Å². The van der Waals surface area contributed by atoms with E-state index in [9.17, 15) is 5.11 Å². The van der Waals surface area contributed by atoms with E-state index in [-0.39, 0.29) is 12.2 Å². The molecule has 2 aliphatic carbocycles. The van der Waals surface area contributed by atoms with Gasteiger partial charge in [0.1, 0.15) is 0 Å². The predicted octanol–water partition coefficient (Wildman–Crippen LogP) is 4.69. The van der Waals surface area contributed by atoms with Gasteiger partial charge in [-0.25, -0.2) is 0 Å². The number of aliphatic hydroxyl groups is 1. The monoisotopic (exact) mass is 282 g/mol. The molecule has 2 saturated carbocycles. The lowest BCUT2D eigenvalue weighted by atomic mass is 9.75. The topological polar surface area (TPSA) is 29.5 Å². The Morgan fingerprint density at radius 3 is 2.00 bits per heavy atom. The lowest BCUT2D eigenvalue weighted by Crippen LogP contribution is -2.32. The second-order valence-electron chi connectivity index (χ2n) is 7.44. The molecule has 0 spiro atoms. The lowest BCUT2D eigenvalue weighted by Gasteiger charge is -2.37. The van der Waals surface area contributed by atoms with E-state index in [4.69, 9.17) is 4.74 Å². The van der Waals surface area contributed by atoms with Gasteiger partial charge in [0.05, 0.1) is 18.3 Å². The molecule has 2 aliphatic rings. The normalized spacial score (nSPS) is 35.2. The minimum Gasteiger partial charge on any atom is -0.393 e. The van der Waals surface area contributed by atoms with Crippen LogP contribution in [0.2, 0.25) is 0 Å². The second-order valence-corrected chi connectivity index (χ2v) is 7.44. The van der Waals surface area contributed by atoms with Crippen molar-refractivity contribution in [2.24, 2.45) is 11.8 Å². The predicted molar refractivity (Wildman–Crippen MR) is 83.8 cm³/mol. The van der Waals surface area contributed by atoms with Gasteiger partial charge in [-0.15, -0.1) is 0 Å². The summed E-state index contributed by atoms with van der Waals surface area (Å²) in [6, 6.07) is 0. The minimum absolute atomic E-state index is 0.201. The number of fused-ring (bicyclic) bond motifs is 2. The number of aliphatic hydroxyl groups excluding tert-OH is 1. The van der Waals surface area contributed by atoms with E-state index in [1.165, 1.54) is 64.2 Å². The highest BCUT2D eigenvalue weighted by Crippen LogP contribution is 2.38. The van der Waals surface area contributed by atoms with E-state index in [0.717, 1.165) is 18.3 Å². The van der Waals surface area contributed by atoms with Crippen molar-refractivity contribution >= 4 is 0 Å². The van der Waals surface area contributed by atoms with E-state index < -0.39 is 0 Å². The maximum atomic E-state index is 9.48. The van der Waals surface area contributed by atoms with Crippen LogP contribution in [0, 0.1) is 11.8 Å². The summed E-state index contributed by atoms with van der Waals surface area (Å²) in [4.78, 5) is 0. The van der Waals surface area contributed by atoms with Crippen molar-refractivity contribution in [3.63, 3.8) is 0 Å². The summed E-state index contributed by atoms with van der Waals surface area (Å²) in [5.74, 6) is 1.80. The largest absolute Gasteiger partial charge is 0.393 e. The van der Waals surface area contributed by atoms with Crippen LogP contribution >= 0.6 is 0 Å². The Morgan fingerprint density at radius 1 is 0.900 bits per heavy atom. The van der Waals surface area contributed by atoms with Crippen molar-refractivity contribution in [3.8, 4) is 0 Å². The first-order valence-corrected chi connectivity index (χ1v) is 8.97. The van der Waals surface area contributed by atoms with Crippen LogP contribution in [-0.4, -0.2) is 23.4 Å². The summed E-state index contributed by atoms with van der Waals surface area (Å²) < 4.78 is 6.25. The third-order valence-electron chi connectivity index (χ3n) is 5.18. The molecule has 0 radical (unpaired) electrons. The molecule has 2 nitrogen and oxygen atoms in total. The first kappa shape index (κ1) is 16.3. The maximum Gasteiger partial charge on any atom is 0.0584 e. The maximum absolute atomic E-state index is 9.48. The highest BCUT2D eigenvalue weighted by atomic mass is 16.5. The van der Waals surface area contributed by atoms with Gasteiger partial charge in [0.15, 0.2) is 0 Å². The minimum atomic E-state index is -0.245. The smallest absolute Gasteiger partial charge is 0.0584 e. The van der Waals surface area contributed by atoms with Crippen molar-refractivity contribution in [3.05, 3.63) is 0 Å². The summed E-state index contributed by atoms with van der Waals surface area (Å²) in [6.07, 6.45) is 15.2. The van der Waals surface area contributed by atoms with Gasteiger partial charge in [0.25, 0.3) is 0 Å². The number of hydrogen-bond acceptors (Lipinski definition) is 2. The van der Waals surface area contributed by atoms with Crippen LogP contribution in [0.15, 0.2) is 0 Å². The van der Waals surface area contributed by atoms with Gasteiger partial charge in [0, 0.05) is 0 Å². The van der Waals surface area contributed by atoms with E-state index in [0.29, 0.717) is 6.10 Å². The molecule has 0 aliphatic heterocycles. The standard InChI is InChI=1S/C18H34O2/c1-14(19)10-15(2)20-18-12-16-8-6-4-3-5-7-9-17(11-16)13-18/h14-19H,3-13H2,1-2H3/t14-,15-,16-,17+,18?/m1/s1. The highest BCUT2D eigenvalue weighted by Gasteiger charge is 2.30. The Labute approximate surface area is 125 Å². The molecule has 0 heterocycles. The van der Waals surface area contributed by atoms with E-state index in [2.05, 4.69) is 6.92 Å². The molecule has 2 heteroatoms.